The maximum Gasteiger partial charge on any atom is 0.314 e. The number of likely N-dealkylation sites (tertiary alicyclic amines) is 1. The molecule has 28 heavy (non-hydrogen) atoms. The summed E-state index contributed by atoms with van der Waals surface area (Å²) in [5.41, 5.74) is 0.102. The smallest absolute Gasteiger partial charge is 0.314 e. The fourth-order valence-electron chi connectivity index (χ4n) is 4.00. The van der Waals surface area contributed by atoms with Crippen LogP contribution < -0.4 is 4.74 Å². The number of hydrogen-bond acceptors (Lipinski definition) is 3. The Balaban J connectivity index is 1.77. The molecule has 0 aliphatic carbocycles. The molecule has 0 aromatic heterocycles. The van der Waals surface area contributed by atoms with Crippen LogP contribution in [0.4, 0.5) is 0 Å². The quantitative estimate of drug-likeness (QED) is 0.859. The predicted octanol–water partition coefficient (Wildman–Crippen LogP) is 3.62. The highest BCUT2D eigenvalue weighted by Crippen LogP contribution is 2.37. The molecule has 1 N–H and O–H groups in total. The summed E-state index contributed by atoms with van der Waals surface area (Å²) in [4.78, 5) is 27.2. The molecule has 148 valence electrons. The molecule has 0 radical (unpaired) electrons. The van der Waals surface area contributed by atoms with Crippen LogP contribution in [0.3, 0.4) is 0 Å². The van der Waals surface area contributed by atoms with Crippen LogP contribution >= 0.6 is 0 Å². The zero-order chi connectivity index (χ0) is 20.4. The van der Waals surface area contributed by atoms with E-state index >= 15 is 0 Å². The highest BCUT2D eigenvalue weighted by Gasteiger charge is 2.45. The summed E-state index contributed by atoms with van der Waals surface area (Å²) in [6.45, 7) is 4.68. The number of methoxy groups -OCH3 is 1. The lowest BCUT2D eigenvalue weighted by Crippen LogP contribution is -2.52. The number of carbonyl (C=O) groups excluding carboxylic acids is 1. The molecule has 0 unspecified atom stereocenters. The summed E-state index contributed by atoms with van der Waals surface area (Å²) < 4.78 is 5.20. The molecule has 0 bridgehead atoms. The molecule has 0 atom stereocenters. The first kappa shape index (κ1) is 19.9. The first-order valence-corrected chi connectivity index (χ1v) is 9.54. The average Bonchev–Trinajstić information content (AvgIpc) is 2.73. The Kier molecular flexibility index (Phi) is 5.45. The predicted molar refractivity (Wildman–Crippen MR) is 108 cm³/mol. The van der Waals surface area contributed by atoms with Crippen LogP contribution in [-0.4, -0.2) is 42.1 Å². The minimum absolute atomic E-state index is 0.0183. The van der Waals surface area contributed by atoms with Crippen LogP contribution in [0.5, 0.6) is 5.75 Å². The van der Waals surface area contributed by atoms with Gasteiger partial charge in [-0.2, -0.15) is 0 Å². The largest absolute Gasteiger partial charge is 0.497 e. The second-order valence-corrected chi connectivity index (χ2v) is 7.90. The summed E-state index contributed by atoms with van der Waals surface area (Å²) >= 11 is 0. The molecule has 2 aromatic rings. The van der Waals surface area contributed by atoms with Crippen molar-refractivity contribution in [3.8, 4) is 5.75 Å². The van der Waals surface area contributed by atoms with Crippen molar-refractivity contribution in [2.24, 2.45) is 0 Å². The average molecular weight is 381 g/mol. The zero-order valence-corrected chi connectivity index (χ0v) is 16.6. The third-order valence-electron chi connectivity index (χ3n) is 5.99. The molecule has 1 aliphatic rings. The van der Waals surface area contributed by atoms with E-state index in [0.717, 1.165) is 16.9 Å². The van der Waals surface area contributed by atoms with E-state index in [1.54, 1.807) is 12.0 Å². The maximum atomic E-state index is 13.2. The lowest BCUT2D eigenvalue weighted by Gasteiger charge is -2.41. The molecule has 3 rings (SSSR count). The van der Waals surface area contributed by atoms with Crippen LogP contribution in [0, 0.1) is 0 Å². The van der Waals surface area contributed by atoms with Crippen molar-refractivity contribution in [2.75, 3.05) is 20.2 Å². The Bertz CT molecular complexity index is 835. The zero-order valence-electron chi connectivity index (χ0n) is 16.6. The van der Waals surface area contributed by atoms with E-state index in [1.807, 2.05) is 68.4 Å². The second kappa shape index (κ2) is 7.66. The number of nitrogens with zero attached hydrogens (tertiary/aromatic N) is 1. The SMILES string of the molecule is COc1ccc(C(C)(C)C(=O)N2CCC(C(=O)O)(c3ccccc3)CC2)cc1. The lowest BCUT2D eigenvalue weighted by molar-refractivity contribution is -0.149. The molecule has 0 saturated carbocycles. The number of amides is 1. The van der Waals surface area contributed by atoms with Gasteiger partial charge in [0.05, 0.1) is 17.9 Å². The summed E-state index contributed by atoms with van der Waals surface area (Å²) in [7, 11) is 1.61. The molecular weight excluding hydrogens is 354 g/mol. The highest BCUT2D eigenvalue weighted by molar-refractivity contribution is 5.88. The molecule has 1 amide bonds. The number of hydrogen-bond donors (Lipinski definition) is 1. The molecule has 5 nitrogen and oxygen atoms in total. The van der Waals surface area contributed by atoms with Crippen LogP contribution in [0.15, 0.2) is 54.6 Å². The molecule has 1 saturated heterocycles. The van der Waals surface area contributed by atoms with Crippen LogP contribution in [0.25, 0.3) is 0 Å². The highest BCUT2D eigenvalue weighted by atomic mass is 16.5. The fourth-order valence-corrected chi connectivity index (χ4v) is 4.00. The van der Waals surface area contributed by atoms with Crippen LogP contribution in [0.1, 0.15) is 37.8 Å². The Morgan fingerprint density at radius 3 is 2.07 bits per heavy atom. The Morgan fingerprint density at radius 2 is 1.57 bits per heavy atom. The molecule has 1 aliphatic heterocycles. The molecule has 2 aromatic carbocycles. The van der Waals surface area contributed by atoms with Gasteiger partial charge >= 0.3 is 5.97 Å². The first-order valence-electron chi connectivity index (χ1n) is 9.54. The van der Waals surface area contributed by atoms with Crippen molar-refractivity contribution in [3.05, 3.63) is 65.7 Å². The van der Waals surface area contributed by atoms with Gasteiger partial charge in [-0.15, -0.1) is 0 Å². The van der Waals surface area contributed by atoms with E-state index in [4.69, 9.17) is 4.74 Å². The van der Waals surface area contributed by atoms with Gasteiger partial charge < -0.3 is 14.7 Å². The number of rotatable bonds is 5. The molecule has 1 fully saturated rings. The number of ether oxygens (including phenoxy) is 1. The van der Waals surface area contributed by atoms with Crippen molar-refractivity contribution in [3.63, 3.8) is 0 Å². The number of carbonyl (C=O) groups is 2. The van der Waals surface area contributed by atoms with E-state index in [9.17, 15) is 14.7 Å². The third-order valence-corrected chi connectivity index (χ3v) is 5.99. The van der Waals surface area contributed by atoms with Gasteiger partial charge in [-0.25, -0.2) is 0 Å². The summed E-state index contributed by atoms with van der Waals surface area (Å²) in [6.07, 6.45) is 0.827. The summed E-state index contributed by atoms with van der Waals surface area (Å²) in [6, 6.07) is 16.9. The molecular formula is C23H27NO4. The topological polar surface area (TPSA) is 66.8 Å². The fraction of sp³-hybridized carbons (Fsp3) is 0.391. The van der Waals surface area contributed by atoms with Crippen molar-refractivity contribution in [1.82, 2.24) is 4.90 Å². The van der Waals surface area contributed by atoms with Gasteiger partial charge in [-0.1, -0.05) is 42.5 Å². The summed E-state index contributed by atoms with van der Waals surface area (Å²) in [5, 5.41) is 9.94. The third kappa shape index (κ3) is 3.49. The van der Waals surface area contributed by atoms with E-state index in [2.05, 4.69) is 0 Å². The van der Waals surface area contributed by atoms with Gasteiger partial charge in [0.1, 0.15) is 5.75 Å². The van der Waals surface area contributed by atoms with Crippen molar-refractivity contribution < 1.29 is 19.4 Å². The van der Waals surface area contributed by atoms with Crippen molar-refractivity contribution >= 4 is 11.9 Å². The van der Waals surface area contributed by atoms with Gasteiger partial charge in [0.15, 0.2) is 0 Å². The minimum Gasteiger partial charge on any atom is -0.497 e. The van der Waals surface area contributed by atoms with Gasteiger partial charge in [0, 0.05) is 13.1 Å². The lowest BCUT2D eigenvalue weighted by atomic mass is 9.72. The van der Waals surface area contributed by atoms with Gasteiger partial charge in [-0.05, 0) is 49.9 Å². The standard InChI is InChI=1S/C23H27NO4/c1-22(2,17-9-11-19(28-3)12-10-17)20(25)24-15-13-23(14-16-24,21(26)27)18-7-5-4-6-8-18/h4-12H,13-16H2,1-3H3,(H,26,27). The Morgan fingerprint density at radius 1 is 1.00 bits per heavy atom. The number of aliphatic carboxylic acids is 1. The van der Waals surface area contributed by atoms with Gasteiger partial charge in [0.25, 0.3) is 0 Å². The number of piperidine rings is 1. The number of benzene rings is 2. The molecule has 0 spiro atoms. The van der Waals surface area contributed by atoms with Gasteiger partial charge in [-0.3, -0.25) is 9.59 Å². The second-order valence-electron chi connectivity index (χ2n) is 7.90. The monoisotopic (exact) mass is 381 g/mol. The van der Waals surface area contributed by atoms with E-state index in [-0.39, 0.29) is 5.91 Å². The van der Waals surface area contributed by atoms with E-state index < -0.39 is 16.8 Å². The minimum atomic E-state index is -0.928. The number of carboxylic acids is 1. The van der Waals surface area contributed by atoms with Crippen LogP contribution in [-0.2, 0) is 20.4 Å². The Labute approximate surface area is 165 Å². The maximum absolute atomic E-state index is 13.2. The van der Waals surface area contributed by atoms with Crippen LogP contribution in [0.2, 0.25) is 0 Å². The normalized spacial score (nSPS) is 16.5. The van der Waals surface area contributed by atoms with Crippen molar-refractivity contribution in [1.29, 1.82) is 0 Å². The molecule has 1 heterocycles. The first-order chi connectivity index (χ1) is 13.3. The number of carboxylic acid groups (broad SMARTS) is 1. The van der Waals surface area contributed by atoms with Gasteiger partial charge in [0.2, 0.25) is 5.91 Å². The summed E-state index contributed by atoms with van der Waals surface area (Å²) in [5.74, 6) is -0.0518. The molecule has 5 heteroatoms. The van der Waals surface area contributed by atoms with E-state index in [0.29, 0.717) is 25.9 Å². The van der Waals surface area contributed by atoms with E-state index in [1.165, 1.54) is 0 Å². The van der Waals surface area contributed by atoms with Crippen molar-refractivity contribution in [2.45, 2.75) is 37.5 Å². The Hall–Kier alpha value is -2.82.